The van der Waals surface area contributed by atoms with E-state index in [1.54, 1.807) is 26.4 Å². The molecule has 1 aliphatic heterocycles. The van der Waals surface area contributed by atoms with Crippen LogP contribution in [0.2, 0.25) is 0 Å². The number of ether oxygens (including phenoxy) is 4. The van der Waals surface area contributed by atoms with Crippen molar-refractivity contribution in [1.82, 2.24) is 0 Å². The summed E-state index contributed by atoms with van der Waals surface area (Å²) >= 11 is 0. The second-order valence-electron chi connectivity index (χ2n) is 6.14. The molecular formula is C20H22O6. The van der Waals surface area contributed by atoms with E-state index >= 15 is 0 Å². The number of carbonyl (C=O) groups is 1. The smallest absolute Gasteiger partial charge is 0.171 e. The molecule has 2 aromatic carbocycles. The summed E-state index contributed by atoms with van der Waals surface area (Å²) in [5, 5.41) is 9.71. The lowest BCUT2D eigenvalue weighted by atomic mass is 9.93. The summed E-state index contributed by atoms with van der Waals surface area (Å²) in [5.41, 5.74) is 1.66. The van der Waals surface area contributed by atoms with Crippen LogP contribution in [0.4, 0.5) is 0 Å². The van der Waals surface area contributed by atoms with E-state index in [9.17, 15) is 9.90 Å². The maximum atomic E-state index is 12.8. The van der Waals surface area contributed by atoms with Crippen molar-refractivity contribution in [3.63, 3.8) is 0 Å². The van der Waals surface area contributed by atoms with E-state index in [4.69, 9.17) is 18.9 Å². The van der Waals surface area contributed by atoms with Crippen molar-refractivity contribution in [3.05, 3.63) is 47.5 Å². The first-order chi connectivity index (χ1) is 12.6. The lowest BCUT2D eigenvalue weighted by molar-refractivity contribution is -0.124. The highest BCUT2D eigenvalue weighted by molar-refractivity contribution is 5.88. The normalized spacial score (nSPS) is 19.4. The number of phenolic OH excluding ortho intramolecular Hbond substituents is 1. The second-order valence-corrected chi connectivity index (χ2v) is 6.14. The summed E-state index contributed by atoms with van der Waals surface area (Å²) in [4.78, 5) is 12.8. The number of hydrogen-bond acceptors (Lipinski definition) is 6. The van der Waals surface area contributed by atoms with Crippen molar-refractivity contribution < 1.29 is 28.8 Å². The zero-order valence-electron chi connectivity index (χ0n) is 15.0. The molecule has 3 rings (SSSR count). The van der Waals surface area contributed by atoms with Gasteiger partial charge in [0.15, 0.2) is 28.8 Å². The van der Waals surface area contributed by atoms with E-state index in [1.165, 1.54) is 13.2 Å². The SMILES string of the molecule is COc1cc([C@@H]2OC[C@H](Cc3ccc(OC)c(OC)c3)C2=O)ccc1O. The van der Waals surface area contributed by atoms with Gasteiger partial charge in [-0.05, 0) is 41.8 Å². The fraction of sp³-hybridized carbons (Fsp3) is 0.350. The maximum Gasteiger partial charge on any atom is 0.171 e. The first-order valence-electron chi connectivity index (χ1n) is 8.30. The molecule has 0 aliphatic carbocycles. The molecule has 0 radical (unpaired) electrons. The van der Waals surface area contributed by atoms with Gasteiger partial charge >= 0.3 is 0 Å². The van der Waals surface area contributed by atoms with Crippen LogP contribution in [-0.4, -0.2) is 38.8 Å². The molecule has 6 heteroatoms. The fourth-order valence-corrected chi connectivity index (χ4v) is 3.16. The van der Waals surface area contributed by atoms with Gasteiger partial charge in [0.2, 0.25) is 0 Å². The van der Waals surface area contributed by atoms with Crippen LogP contribution >= 0.6 is 0 Å². The first-order valence-corrected chi connectivity index (χ1v) is 8.30. The molecule has 1 N–H and O–H groups in total. The molecule has 0 amide bonds. The van der Waals surface area contributed by atoms with Gasteiger partial charge in [-0.25, -0.2) is 0 Å². The standard InChI is InChI=1S/C20H22O6/c1-23-16-7-4-12(9-18(16)25-3)8-14-11-26-20(19(14)22)13-5-6-15(21)17(10-13)24-2/h4-7,9-10,14,20-21H,8,11H2,1-3H3/t14-,20-/m0/s1. The van der Waals surface area contributed by atoms with E-state index in [2.05, 4.69) is 0 Å². The molecule has 1 saturated heterocycles. The molecule has 1 aliphatic rings. The third-order valence-electron chi connectivity index (χ3n) is 4.56. The quantitative estimate of drug-likeness (QED) is 0.856. The van der Waals surface area contributed by atoms with E-state index in [0.29, 0.717) is 35.8 Å². The van der Waals surface area contributed by atoms with E-state index in [0.717, 1.165) is 5.56 Å². The molecule has 1 fully saturated rings. The number of ketones is 1. The van der Waals surface area contributed by atoms with E-state index in [-0.39, 0.29) is 17.5 Å². The molecule has 0 aromatic heterocycles. The summed E-state index contributed by atoms with van der Waals surface area (Å²) in [7, 11) is 4.64. The molecule has 0 unspecified atom stereocenters. The van der Waals surface area contributed by atoms with Crippen molar-refractivity contribution in [2.75, 3.05) is 27.9 Å². The number of benzene rings is 2. The summed E-state index contributed by atoms with van der Waals surface area (Å²) in [5.74, 6) is 1.42. The Morgan fingerprint density at radius 3 is 2.42 bits per heavy atom. The Morgan fingerprint density at radius 2 is 1.73 bits per heavy atom. The monoisotopic (exact) mass is 358 g/mol. The van der Waals surface area contributed by atoms with Gasteiger partial charge in [0.05, 0.1) is 27.9 Å². The number of hydrogen-bond donors (Lipinski definition) is 1. The number of carbonyl (C=O) groups excluding carboxylic acids is 1. The minimum absolute atomic E-state index is 0.0209. The zero-order chi connectivity index (χ0) is 18.7. The zero-order valence-corrected chi connectivity index (χ0v) is 15.0. The lowest BCUT2D eigenvalue weighted by Crippen LogP contribution is -2.16. The molecule has 26 heavy (non-hydrogen) atoms. The summed E-state index contributed by atoms with van der Waals surface area (Å²) in [6.45, 7) is 0.348. The van der Waals surface area contributed by atoms with E-state index < -0.39 is 6.10 Å². The molecule has 0 bridgehead atoms. The van der Waals surface area contributed by atoms with Crippen LogP contribution in [0.15, 0.2) is 36.4 Å². The highest BCUT2D eigenvalue weighted by Gasteiger charge is 2.36. The van der Waals surface area contributed by atoms with E-state index in [1.807, 2.05) is 18.2 Å². The highest BCUT2D eigenvalue weighted by Crippen LogP contribution is 2.36. The summed E-state index contributed by atoms with van der Waals surface area (Å²) < 4.78 is 21.4. The minimum Gasteiger partial charge on any atom is -0.504 e. The Balaban J connectivity index is 1.75. The predicted octanol–water partition coefficient (Wildman–Crippen LogP) is 2.92. The van der Waals surface area contributed by atoms with Gasteiger partial charge in [-0.2, -0.15) is 0 Å². The van der Waals surface area contributed by atoms with Gasteiger partial charge in [-0.1, -0.05) is 12.1 Å². The number of rotatable bonds is 6. The van der Waals surface area contributed by atoms with Gasteiger partial charge in [0.1, 0.15) is 6.10 Å². The Hall–Kier alpha value is -2.73. The van der Waals surface area contributed by atoms with Crippen LogP contribution in [0.5, 0.6) is 23.0 Å². The lowest BCUT2D eigenvalue weighted by Gasteiger charge is -2.13. The highest BCUT2D eigenvalue weighted by atomic mass is 16.5. The van der Waals surface area contributed by atoms with Crippen LogP contribution in [0.3, 0.4) is 0 Å². The molecule has 2 aromatic rings. The van der Waals surface area contributed by atoms with Crippen LogP contribution in [0, 0.1) is 5.92 Å². The average molecular weight is 358 g/mol. The number of methoxy groups -OCH3 is 3. The number of phenols is 1. The summed E-state index contributed by atoms with van der Waals surface area (Å²) in [6, 6.07) is 10.5. The fourth-order valence-electron chi connectivity index (χ4n) is 3.16. The van der Waals surface area contributed by atoms with Gasteiger partial charge in [0.25, 0.3) is 0 Å². The Kier molecular flexibility index (Phi) is 5.32. The third kappa shape index (κ3) is 3.46. The molecular weight excluding hydrogens is 336 g/mol. The van der Waals surface area contributed by atoms with Crippen molar-refractivity contribution in [2.24, 2.45) is 5.92 Å². The predicted molar refractivity (Wildman–Crippen MR) is 95.1 cm³/mol. The van der Waals surface area contributed by atoms with Crippen molar-refractivity contribution >= 4 is 5.78 Å². The van der Waals surface area contributed by atoms with Crippen molar-refractivity contribution in [1.29, 1.82) is 0 Å². The molecule has 2 atom stereocenters. The number of aromatic hydroxyl groups is 1. The van der Waals surface area contributed by atoms with Crippen LogP contribution in [-0.2, 0) is 16.0 Å². The Morgan fingerprint density at radius 1 is 1.00 bits per heavy atom. The largest absolute Gasteiger partial charge is 0.504 e. The van der Waals surface area contributed by atoms with Gasteiger partial charge in [-0.3, -0.25) is 4.79 Å². The topological polar surface area (TPSA) is 74.2 Å². The van der Waals surface area contributed by atoms with Gasteiger partial charge in [0, 0.05) is 5.92 Å². The Labute approximate surface area is 152 Å². The molecule has 1 heterocycles. The van der Waals surface area contributed by atoms with Crippen LogP contribution in [0.1, 0.15) is 17.2 Å². The molecule has 6 nitrogen and oxygen atoms in total. The summed E-state index contributed by atoms with van der Waals surface area (Å²) in [6.07, 6.45) is -0.0834. The molecule has 0 saturated carbocycles. The second kappa shape index (κ2) is 7.66. The van der Waals surface area contributed by atoms with Crippen LogP contribution in [0.25, 0.3) is 0 Å². The van der Waals surface area contributed by atoms with Gasteiger partial charge < -0.3 is 24.1 Å². The molecule has 138 valence electrons. The minimum atomic E-state index is -0.644. The van der Waals surface area contributed by atoms with Crippen molar-refractivity contribution in [3.8, 4) is 23.0 Å². The third-order valence-corrected chi connectivity index (χ3v) is 4.56. The van der Waals surface area contributed by atoms with Crippen molar-refractivity contribution in [2.45, 2.75) is 12.5 Å². The molecule has 0 spiro atoms. The van der Waals surface area contributed by atoms with Gasteiger partial charge in [-0.15, -0.1) is 0 Å². The first kappa shape index (κ1) is 18.1. The average Bonchev–Trinajstić information content (AvgIpc) is 3.02. The van der Waals surface area contributed by atoms with Crippen LogP contribution < -0.4 is 14.2 Å². The number of Topliss-reactive ketones (excluding diaryl/α,β-unsaturated/α-hetero) is 1. The Bertz CT molecular complexity index is 801. The maximum absolute atomic E-state index is 12.8.